The van der Waals surface area contributed by atoms with Crippen LogP contribution in [-0.4, -0.2) is 23.2 Å². The van der Waals surface area contributed by atoms with Gasteiger partial charge >= 0.3 is 0 Å². The molecule has 0 amide bonds. The molecule has 9 heteroatoms. The summed E-state index contributed by atoms with van der Waals surface area (Å²) >= 11 is 1.53. The Bertz CT molecular complexity index is 1200. The molecule has 0 fully saturated rings. The molecular weight excluding hydrogens is 416 g/mol. The Morgan fingerprint density at radius 2 is 1.94 bits per heavy atom. The summed E-state index contributed by atoms with van der Waals surface area (Å²) in [5, 5.41) is 15.7. The van der Waals surface area contributed by atoms with Gasteiger partial charge < -0.3 is 9.47 Å². The predicted octanol–water partition coefficient (Wildman–Crippen LogP) is 5.24. The Balaban J connectivity index is 1.39. The molecule has 31 heavy (non-hydrogen) atoms. The number of nitrogens with one attached hydrogen (secondary N) is 1. The van der Waals surface area contributed by atoms with Crippen molar-refractivity contribution in [3.8, 4) is 11.5 Å². The lowest BCUT2D eigenvalue weighted by molar-refractivity contribution is -0.384. The van der Waals surface area contributed by atoms with Crippen molar-refractivity contribution in [3.05, 3.63) is 88.0 Å². The molecule has 0 aliphatic heterocycles. The average Bonchev–Trinajstić information content (AvgIpc) is 3.21. The van der Waals surface area contributed by atoms with E-state index in [1.165, 1.54) is 23.5 Å². The molecule has 0 bridgehead atoms. The minimum atomic E-state index is -0.431. The summed E-state index contributed by atoms with van der Waals surface area (Å²) < 4.78 is 12.3. The minimum absolute atomic E-state index is 0.0458. The molecule has 1 heterocycles. The fourth-order valence-corrected chi connectivity index (χ4v) is 3.66. The van der Waals surface area contributed by atoms with Crippen LogP contribution < -0.4 is 14.9 Å². The number of hydrogen-bond acceptors (Lipinski definition) is 8. The molecule has 4 aromatic rings. The normalized spacial score (nSPS) is 11.0. The second-order valence-corrected chi connectivity index (χ2v) is 7.51. The van der Waals surface area contributed by atoms with Gasteiger partial charge in [0.1, 0.15) is 6.61 Å². The number of anilines is 1. The molecule has 0 saturated carbocycles. The third-order valence-electron chi connectivity index (χ3n) is 4.40. The first kappa shape index (κ1) is 20.3. The topological polar surface area (TPSA) is 98.9 Å². The molecule has 1 N–H and O–H groups in total. The van der Waals surface area contributed by atoms with E-state index in [1.54, 1.807) is 31.5 Å². The van der Waals surface area contributed by atoms with Crippen LogP contribution in [0.5, 0.6) is 11.5 Å². The highest BCUT2D eigenvalue weighted by molar-refractivity contribution is 7.22. The summed E-state index contributed by atoms with van der Waals surface area (Å²) in [5.74, 6) is 1.13. The second-order valence-electron chi connectivity index (χ2n) is 6.48. The largest absolute Gasteiger partial charge is 0.493 e. The van der Waals surface area contributed by atoms with Crippen molar-refractivity contribution in [1.82, 2.24) is 4.98 Å². The third kappa shape index (κ3) is 4.96. The van der Waals surface area contributed by atoms with Crippen LogP contribution in [0.2, 0.25) is 0 Å². The van der Waals surface area contributed by atoms with Crippen LogP contribution in [0, 0.1) is 10.1 Å². The van der Waals surface area contributed by atoms with Gasteiger partial charge in [0.25, 0.3) is 5.69 Å². The van der Waals surface area contributed by atoms with Crippen molar-refractivity contribution >= 4 is 38.6 Å². The molecule has 4 rings (SSSR count). The van der Waals surface area contributed by atoms with E-state index < -0.39 is 4.92 Å². The molecule has 0 spiro atoms. The third-order valence-corrected chi connectivity index (χ3v) is 5.34. The lowest BCUT2D eigenvalue weighted by Gasteiger charge is -2.11. The minimum Gasteiger partial charge on any atom is -0.493 e. The molecule has 156 valence electrons. The highest BCUT2D eigenvalue weighted by Crippen LogP contribution is 2.29. The number of nitro benzene ring substituents is 1. The van der Waals surface area contributed by atoms with Gasteiger partial charge in [-0.2, -0.15) is 5.10 Å². The first-order valence-corrected chi connectivity index (χ1v) is 10.1. The summed E-state index contributed by atoms with van der Waals surface area (Å²) in [6.45, 7) is 0.265. The highest BCUT2D eigenvalue weighted by atomic mass is 32.1. The van der Waals surface area contributed by atoms with E-state index in [0.29, 0.717) is 16.6 Å². The fourth-order valence-electron chi connectivity index (χ4n) is 2.84. The summed E-state index contributed by atoms with van der Waals surface area (Å²) in [7, 11) is 1.56. The Morgan fingerprint density at radius 1 is 1.13 bits per heavy atom. The van der Waals surface area contributed by atoms with Crippen LogP contribution in [0.15, 0.2) is 71.8 Å². The molecule has 0 unspecified atom stereocenters. The summed E-state index contributed by atoms with van der Waals surface area (Å²) in [6, 6.07) is 19.6. The number of ether oxygens (including phenoxy) is 2. The number of fused-ring (bicyclic) bond motifs is 1. The van der Waals surface area contributed by atoms with Crippen molar-refractivity contribution < 1.29 is 14.4 Å². The zero-order valence-electron chi connectivity index (χ0n) is 16.5. The summed E-state index contributed by atoms with van der Waals surface area (Å²) in [4.78, 5) is 14.8. The molecular formula is C22H18N4O4S. The van der Waals surface area contributed by atoms with Gasteiger partial charge in [-0.25, -0.2) is 4.98 Å². The van der Waals surface area contributed by atoms with Crippen LogP contribution in [0.3, 0.4) is 0 Å². The number of para-hydroxylation sites is 1. The molecule has 0 aliphatic carbocycles. The zero-order chi connectivity index (χ0) is 21.6. The van der Waals surface area contributed by atoms with E-state index in [0.717, 1.165) is 21.3 Å². The van der Waals surface area contributed by atoms with Crippen LogP contribution in [0.1, 0.15) is 11.1 Å². The Labute approximate surface area is 181 Å². The van der Waals surface area contributed by atoms with Crippen molar-refractivity contribution in [2.24, 2.45) is 5.10 Å². The molecule has 0 radical (unpaired) electrons. The van der Waals surface area contributed by atoms with E-state index >= 15 is 0 Å². The Hall–Kier alpha value is -3.98. The predicted molar refractivity (Wildman–Crippen MR) is 121 cm³/mol. The van der Waals surface area contributed by atoms with Gasteiger partial charge in [0.05, 0.1) is 28.5 Å². The monoisotopic (exact) mass is 434 g/mol. The van der Waals surface area contributed by atoms with Crippen molar-refractivity contribution in [1.29, 1.82) is 0 Å². The lowest BCUT2D eigenvalue weighted by atomic mass is 10.2. The number of rotatable bonds is 8. The standard InChI is InChI=1S/C22H18N4O4S/c1-29-20-12-16(13-23-25-22-24-18-4-2-3-5-21(18)31-22)8-11-19(20)30-14-15-6-9-17(10-7-15)26(27)28/h2-13H,14H2,1H3,(H,24,25)/b23-13-. The van der Waals surface area contributed by atoms with Crippen LogP contribution >= 0.6 is 11.3 Å². The van der Waals surface area contributed by atoms with Gasteiger partial charge in [-0.15, -0.1) is 0 Å². The maximum Gasteiger partial charge on any atom is 0.269 e. The van der Waals surface area contributed by atoms with Gasteiger partial charge in [-0.3, -0.25) is 15.5 Å². The smallest absolute Gasteiger partial charge is 0.269 e. The Morgan fingerprint density at radius 3 is 2.68 bits per heavy atom. The number of hydrogen-bond donors (Lipinski definition) is 1. The number of hydrazone groups is 1. The average molecular weight is 434 g/mol. The molecule has 0 atom stereocenters. The number of non-ortho nitro benzene ring substituents is 1. The van der Waals surface area contributed by atoms with Gasteiger partial charge in [0.2, 0.25) is 5.13 Å². The number of benzene rings is 3. The van der Waals surface area contributed by atoms with E-state index in [2.05, 4.69) is 15.5 Å². The fraction of sp³-hybridized carbons (Fsp3) is 0.0909. The van der Waals surface area contributed by atoms with E-state index in [9.17, 15) is 10.1 Å². The maximum atomic E-state index is 10.7. The Kier molecular flexibility index (Phi) is 6.04. The van der Waals surface area contributed by atoms with Crippen molar-refractivity contribution in [2.75, 3.05) is 12.5 Å². The number of nitro groups is 1. The highest BCUT2D eigenvalue weighted by Gasteiger charge is 2.08. The molecule has 8 nitrogen and oxygen atoms in total. The number of methoxy groups -OCH3 is 1. The second kappa shape index (κ2) is 9.23. The maximum absolute atomic E-state index is 10.7. The first-order valence-electron chi connectivity index (χ1n) is 9.31. The zero-order valence-corrected chi connectivity index (χ0v) is 17.3. The molecule has 3 aromatic carbocycles. The van der Waals surface area contributed by atoms with E-state index in [1.807, 2.05) is 36.4 Å². The van der Waals surface area contributed by atoms with E-state index in [4.69, 9.17) is 9.47 Å². The molecule has 0 aliphatic rings. The SMILES string of the molecule is COc1cc(/C=N\Nc2nc3ccccc3s2)ccc1OCc1ccc([N+](=O)[O-])cc1. The molecule has 0 saturated heterocycles. The number of aromatic nitrogens is 1. The van der Waals surface area contributed by atoms with Crippen molar-refractivity contribution in [2.45, 2.75) is 6.61 Å². The van der Waals surface area contributed by atoms with Crippen LogP contribution in [0.25, 0.3) is 10.2 Å². The summed E-state index contributed by atoms with van der Waals surface area (Å²) in [6.07, 6.45) is 1.68. The first-order chi connectivity index (χ1) is 15.1. The van der Waals surface area contributed by atoms with Gasteiger partial charge in [0.15, 0.2) is 11.5 Å². The van der Waals surface area contributed by atoms with Crippen LogP contribution in [-0.2, 0) is 6.61 Å². The van der Waals surface area contributed by atoms with Gasteiger partial charge in [-0.1, -0.05) is 23.5 Å². The lowest BCUT2D eigenvalue weighted by Crippen LogP contribution is -1.99. The summed E-state index contributed by atoms with van der Waals surface area (Å²) in [5.41, 5.74) is 5.57. The van der Waals surface area contributed by atoms with E-state index in [-0.39, 0.29) is 12.3 Å². The van der Waals surface area contributed by atoms with Gasteiger partial charge in [0, 0.05) is 12.1 Å². The van der Waals surface area contributed by atoms with Crippen molar-refractivity contribution in [3.63, 3.8) is 0 Å². The van der Waals surface area contributed by atoms with Gasteiger partial charge in [-0.05, 0) is 53.6 Å². The van der Waals surface area contributed by atoms with Crippen LogP contribution in [0.4, 0.5) is 10.8 Å². The number of nitrogens with zero attached hydrogens (tertiary/aromatic N) is 3. The molecule has 1 aromatic heterocycles. The quantitative estimate of drug-likeness (QED) is 0.231. The number of thiazole rings is 1.